The van der Waals surface area contributed by atoms with Crippen molar-refractivity contribution in [2.45, 2.75) is 13.8 Å². The summed E-state index contributed by atoms with van der Waals surface area (Å²) in [6.45, 7) is 13.2. The summed E-state index contributed by atoms with van der Waals surface area (Å²) in [5.41, 5.74) is 4.50. The monoisotopic (exact) mass is 485 g/mol. The summed E-state index contributed by atoms with van der Waals surface area (Å²) >= 11 is 0. The quantitative estimate of drug-likeness (QED) is 0.501. The first-order valence-corrected chi connectivity index (χ1v) is 12.1. The third-order valence-electron chi connectivity index (χ3n) is 6.64. The molecule has 0 atom stereocenters. The number of fused-ring (bicyclic) bond motifs is 1. The largest absolute Gasteiger partial charge is 0.450 e. The van der Waals surface area contributed by atoms with Gasteiger partial charge in [0.2, 0.25) is 5.95 Å². The van der Waals surface area contributed by atoms with Crippen molar-refractivity contribution in [1.29, 1.82) is 0 Å². The lowest BCUT2D eigenvalue weighted by molar-refractivity contribution is -0.117. The number of likely N-dealkylation sites (N-methyl/N-ethyl adjacent to an activating group) is 2. The van der Waals surface area contributed by atoms with Gasteiger partial charge in [0.05, 0.1) is 5.69 Å². The van der Waals surface area contributed by atoms with Gasteiger partial charge >= 0.3 is 0 Å². The number of carbonyl (C=O) groups excluding carboxylic acids is 1. The highest BCUT2D eigenvalue weighted by Gasteiger charge is 2.26. The van der Waals surface area contributed by atoms with E-state index < -0.39 is 0 Å². The topological polar surface area (TPSA) is 85.9 Å². The molecule has 1 amide bonds. The molecular weight excluding hydrogens is 454 g/mol. The molecule has 36 heavy (non-hydrogen) atoms. The van der Waals surface area contributed by atoms with E-state index in [9.17, 15) is 4.79 Å². The number of ether oxygens (including phenoxy) is 1. The van der Waals surface area contributed by atoms with Crippen LogP contribution in [-0.4, -0.2) is 60.5 Å². The minimum atomic E-state index is -0.265. The van der Waals surface area contributed by atoms with Crippen molar-refractivity contribution in [1.82, 2.24) is 14.9 Å². The van der Waals surface area contributed by atoms with Gasteiger partial charge in [-0.2, -0.15) is 4.98 Å². The lowest BCUT2D eigenvalue weighted by Crippen LogP contribution is -2.46. The SMILES string of the molecule is C=C1Oc2ccc(Nc3nc(Nc4ccc(N5CCN(CC)CC5)cc4)ncc3C)cc2N(C)C1=O. The normalized spacial score (nSPS) is 16.0. The molecule has 0 spiro atoms. The second-order valence-electron chi connectivity index (χ2n) is 9.02. The van der Waals surface area contributed by atoms with Crippen LogP contribution in [-0.2, 0) is 4.79 Å². The Bertz CT molecular complexity index is 1280. The third kappa shape index (κ3) is 4.83. The zero-order chi connectivity index (χ0) is 25.2. The van der Waals surface area contributed by atoms with Crippen molar-refractivity contribution in [3.63, 3.8) is 0 Å². The molecule has 0 radical (unpaired) electrons. The number of hydrogen-bond donors (Lipinski definition) is 2. The third-order valence-corrected chi connectivity index (χ3v) is 6.64. The van der Waals surface area contributed by atoms with Crippen LogP contribution in [0.15, 0.2) is 61.0 Å². The molecule has 1 fully saturated rings. The lowest BCUT2D eigenvalue weighted by Gasteiger charge is -2.35. The predicted molar refractivity (Wildman–Crippen MR) is 144 cm³/mol. The molecule has 1 saturated heterocycles. The Kier molecular flexibility index (Phi) is 6.47. The van der Waals surface area contributed by atoms with Gasteiger partial charge in [-0.1, -0.05) is 13.5 Å². The zero-order valence-corrected chi connectivity index (χ0v) is 20.9. The van der Waals surface area contributed by atoms with Crippen LogP contribution in [0.3, 0.4) is 0 Å². The van der Waals surface area contributed by atoms with Crippen LogP contribution < -0.4 is 25.2 Å². The van der Waals surface area contributed by atoms with E-state index in [2.05, 4.69) is 68.2 Å². The molecule has 2 aliphatic rings. The zero-order valence-electron chi connectivity index (χ0n) is 20.9. The summed E-state index contributed by atoms with van der Waals surface area (Å²) in [4.78, 5) is 27.8. The number of nitrogens with one attached hydrogen (secondary N) is 2. The number of rotatable bonds is 6. The maximum absolute atomic E-state index is 12.2. The highest BCUT2D eigenvalue weighted by Crippen LogP contribution is 2.37. The Labute approximate surface area is 211 Å². The molecule has 0 saturated carbocycles. The van der Waals surface area contributed by atoms with E-state index in [4.69, 9.17) is 4.74 Å². The molecule has 186 valence electrons. The van der Waals surface area contributed by atoms with Crippen molar-refractivity contribution in [2.24, 2.45) is 0 Å². The van der Waals surface area contributed by atoms with Gasteiger partial charge in [0.1, 0.15) is 5.82 Å². The van der Waals surface area contributed by atoms with Gasteiger partial charge in [-0.15, -0.1) is 0 Å². The van der Waals surface area contributed by atoms with Gasteiger partial charge in [-0.25, -0.2) is 4.98 Å². The predicted octanol–water partition coefficient (Wildman–Crippen LogP) is 4.28. The van der Waals surface area contributed by atoms with Gasteiger partial charge < -0.3 is 30.1 Å². The molecule has 5 rings (SSSR count). The van der Waals surface area contributed by atoms with Crippen LogP contribution in [0.2, 0.25) is 0 Å². The van der Waals surface area contributed by atoms with E-state index in [1.807, 2.05) is 25.1 Å². The number of piperazine rings is 1. The van der Waals surface area contributed by atoms with Gasteiger partial charge in [-0.05, 0) is 55.9 Å². The molecular formula is C27H31N7O2. The Balaban J connectivity index is 1.28. The summed E-state index contributed by atoms with van der Waals surface area (Å²) in [6.07, 6.45) is 1.78. The average molecular weight is 486 g/mol. The molecule has 0 bridgehead atoms. The average Bonchev–Trinajstić information content (AvgIpc) is 2.90. The fourth-order valence-electron chi connectivity index (χ4n) is 4.39. The molecule has 0 unspecified atom stereocenters. The molecule has 1 aromatic heterocycles. The molecule has 2 N–H and O–H groups in total. The van der Waals surface area contributed by atoms with E-state index >= 15 is 0 Å². The molecule has 0 aliphatic carbocycles. The van der Waals surface area contributed by atoms with Gasteiger partial charge in [0, 0.05) is 62.0 Å². The molecule has 9 heteroatoms. The molecule has 3 heterocycles. The number of aromatic nitrogens is 2. The van der Waals surface area contributed by atoms with Gasteiger partial charge in [0.25, 0.3) is 5.91 Å². The first-order chi connectivity index (χ1) is 17.4. The summed E-state index contributed by atoms with van der Waals surface area (Å²) < 4.78 is 5.53. The summed E-state index contributed by atoms with van der Waals surface area (Å²) in [7, 11) is 1.70. The fourth-order valence-corrected chi connectivity index (χ4v) is 4.39. The number of carbonyl (C=O) groups is 1. The van der Waals surface area contributed by atoms with Crippen molar-refractivity contribution < 1.29 is 9.53 Å². The van der Waals surface area contributed by atoms with Gasteiger partial charge in [-0.3, -0.25) is 4.79 Å². The number of hydrogen-bond acceptors (Lipinski definition) is 8. The van der Waals surface area contributed by atoms with Gasteiger partial charge in [0.15, 0.2) is 11.5 Å². The second-order valence-corrected chi connectivity index (χ2v) is 9.02. The number of benzene rings is 2. The fraction of sp³-hybridized carbons (Fsp3) is 0.296. The minimum Gasteiger partial charge on any atom is -0.450 e. The van der Waals surface area contributed by atoms with E-state index in [0.717, 1.165) is 49.7 Å². The lowest BCUT2D eigenvalue weighted by atomic mass is 10.2. The van der Waals surface area contributed by atoms with Crippen LogP contribution in [0.5, 0.6) is 5.75 Å². The Morgan fingerprint density at radius 3 is 2.47 bits per heavy atom. The number of anilines is 6. The second kappa shape index (κ2) is 9.87. The van der Waals surface area contributed by atoms with E-state index in [1.165, 1.54) is 10.6 Å². The number of aryl methyl sites for hydroxylation is 1. The summed E-state index contributed by atoms with van der Waals surface area (Å²) in [5.74, 6) is 1.61. The molecule has 9 nitrogen and oxygen atoms in total. The maximum Gasteiger partial charge on any atom is 0.293 e. The van der Waals surface area contributed by atoms with Crippen molar-refractivity contribution in [2.75, 3.05) is 60.2 Å². The van der Waals surface area contributed by atoms with Crippen LogP contribution in [0.4, 0.5) is 34.5 Å². The summed E-state index contributed by atoms with van der Waals surface area (Å²) in [6, 6.07) is 13.9. The van der Waals surface area contributed by atoms with E-state index in [1.54, 1.807) is 13.2 Å². The standard InChI is InChI=1S/C27H31N7O2/c1-5-33-12-14-34(15-13-33)22-9-6-20(7-10-22)30-27-28-17-18(2)25(31-27)29-21-8-11-24-23(16-21)32(4)26(35)19(3)36-24/h6-11,16-17H,3,5,12-15H2,1-2,4H3,(H2,28,29,30,31). The van der Waals surface area contributed by atoms with Crippen molar-refractivity contribution in [3.8, 4) is 5.75 Å². The van der Waals surface area contributed by atoms with Crippen LogP contribution in [0.1, 0.15) is 12.5 Å². The highest BCUT2D eigenvalue weighted by molar-refractivity contribution is 6.07. The molecule has 3 aromatic rings. The number of amides is 1. The highest BCUT2D eigenvalue weighted by atomic mass is 16.5. The van der Waals surface area contributed by atoms with E-state index in [0.29, 0.717) is 23.2 Å². The van der Waals surface area contributed by atoms with Crippen LogP contribution in [0.25, 0.3) is 0 Å². The molecule has 2 aliphatic heterocycles. The van der Waals surface area contributed by atoms with Crippen LogP contribution >= 0.6 is 0 Å². The van der Waals surface area contributed by atoms with E-state index in [-0.39, 0.29) is 11.7 Å². The van der Waals surface area contributed by atoms with Crippen molar-refractivity contribution in [3.05, 3.63) is 66.6 Å². The Morgan fingerprint density at radius 2 is 1.75 bits per heavy atom. The Morgan fingerprint density at radius 1 is 1.03 bits per heavy atom. The Hall–Kier alpha value is -4.11. The number of nitrogens with zero attached hydrogens (tertiary/aromatic N) is 5. The van der Waals surface area contributed by atoms with Crippen molar-refractivity contribution >= 4 is 40.4 Å². The molecule has 2 aromatic carbocycles. The first kappa shape index (κ1) is 23.6. The minimum absolute atomic E-state index is 0.111. The first-order valence-electron chi connectivity index (χ1n) is 12.1. The summed E-state index contributed by atoms with van der Waals surface area (Å²) in [5, 5.41) is 6.64. The smallest absolute Gasteiger partial charge is 0.293 e. The maximum atomic E-state index is 12.2. The van der Waals surface area contributed by atoms with Crippen LogP contribution in [0, 0.1) is 6.92 Å².